The molecule has 1 fully saturated rings. The molecule has 0 unspecified atom stereocenters. The smallest absolute Gasteiger partial charge is 0.302 e. The highest BCUT2D eigenvalue weighted by Gasteiger charge is 2.34. The first-order valence-corrected chi connectivity index (χ1v) is 4.98. The zero-order chi connectivity index (χ0) is 13.5. The van der Waals surface area contributed by atoms with Crippen molar-refractivity contribution < 1.29 is 27.2 Å². The highest BCUT2D eigenvalue weighted by molar-refractivity contribution is 6.15. The molecule has 0 bridgehead atoms. The van der Waals surface area contributed by atoms with Gasteiger partial charge in [0.05, 0.1) is 24.2 Å². The predicted molar refractivity (Wildman–Crippen MR) is 53.4 cm³/mol. The average molecular weight is 261 g/mol. The van der Waals surface area contributed by atoms with Gasteiger partial charge in [-0.15, -0.1) is 0 Å². The number of nitrogens with zero attached hydrogens (tertiary/aromatic N) is 1. The Hall–Kier alpha value is -1.92. The van der Waals surface area contributed by atoms with E-state index in [1.807, 2.05) is 0 Å². The van der Waals surface area contributed by atoms with Crippen molar-refractivity contribution in [2.75, 3.05) is 11.4 Å². The summed E-state index contributed by atoms with van der Waals surface area (Å²) in [5.41, 5.74) is -1.44. The van der Waals surface area contributed by atoms with Gasteiger partial charge in [-0.1, -0.05) is 0 Å². The van der Waals surface area contributed by atoms with Crippen LogP contribution < -0.4 is 4.90 Å². The maximum Gasteiger partial charge on any atom is 0.416 e. The van der Waals surface area contributed by atoms with E-state index in [1.165, 1.54) is 0 Å². The molecule has 0 N–H and O–H groups in total. The molecule has 0 aromatic heterocycles. The molecule has 0 saturated carbocycles. The topological polar surface area (TPSA) is 37.4 Å². The minimum absolute atomic E-state index is 0.304. The van der Waals surface area contributed by atoms with E-state index in [-0.39, 0.29) is 24.4 Å². The number of benzene rings is 1. The normalized spacial score (nSPS) is 16.6. The number of rotatable bonds is 1. The fraction of sp³-hybridized carbons (Fsp3) is 0.273. The Morgan fingerprint density at radius 3 is 2.28 bits per heavy atom. The Labute approximate surface area is 99.0 Å². The molecule has 96 valence electrons. The lowest BCUT2D eigenvalue weighted by molar-refractivity contribution is -0.137. The van der Waals surface area contributed by atoms with E-state index in [2.05, 4.69) is 0 Å². The summed E-state index contributed by atoms with van der Waals surface area (Å²) >= 11 is 0. The van der Waals surface area contributed by atoms with Crippen LogP contribution in [0.2, 0.25) is 0 Å². The van der Waals surface area contributed by atoms with Crippen molar-refractivity contribution in [3.8, 4) is 0 Å². The number of ketones is 1. The van der Waals surface area contributed by atoms with Crippen LogP contribution in [-0.2, 0) is 15.8 Å². The van der Waals surface area contributed by atoms with Crippen LogP contribution >= 0.6 is 0 Å². The van der Waals surface area contributed by atoms with E-state index < -0.39 is 23.5 Å². The lowest BCUT2D eigenvalue weighted by Crippen LogP contribution is -2.25. The molecule has 1 aromatic rings. The Bertz CT molecular complexity index is 524. The molecule has 0 spiro atoms. The van der Waals surface area contributed by atoms with Crippen LogP contribution in [0.15, 0.2) is 18.2 Å². The van der Waals surface area contributed by atoms with Gasteiger partial charge in [-0.05, 0) is 18.2 Å². The molecule has 0 radical (unpaired) electrons. The van der Waals surface area contributed by atoms with E-state index in [1.54, 1.807) is 0 Å². The Morgan fingerprint density at radius 2 is 1.83 bits per heavy atom. The van der Waals surface area contributed by atoms with Crippen LogP contribution in [0.1, 0.15) is 12.0 Å². The second-order valence-corrected chi connectivity index (χ2v) is 3.86. The van der Waals surface area contributed by atoms with Crippen molar-refractivity contribution >= 4 is 17.4 Å². The van der Waals surface area contributed by atoms with Gasteiger partial charge >= 0.3 is 6.18 Å². The summed E-state index contributed by atoms with van der Waals surface area (Å²) in [7, 11) is 0. The maximum absolute atomic E-state index is 13.5. The molecular weight excluding hydrogens is 254 g/mol. The van der Waals surface area contributed by atoms with E-state index >= 15 is 0 Å². The van der Waals surface area contributed by atoms with Crippen LogP contribution in [-0.4, -0.2) is 18.2 Å². The Morgan fingerprint density at radius 1 is 1.17 bits per heavy atom. The van der Waals surface area contributed by atoms with E-state index in [0.717, 1.165) is 11.0 Å². The van der Waals surface area contributed by atoms with Crippen LogP contribution in [0.5, 0.6) is 0 Å². The van der Waals surface area contributed by atoms with Gasteiger partial charge in [0.2, 0.25) is 5.91 Å². The van der Waals surface area contributed by atoms with Gasteiger partial charge in [0, 0.05) is 0 Å². The first kappa shape index (κ1) is 12.5. The standard InChI is InChI=1S/C11H7F4NO2/c12-8-3-6(11(13,14)15)1-2-9(8)16-5-7(17)4-10(16)18/h1-3H,4-5H2. The number of hydrogen-bond acceptors (Lipinski definition) is 2. The SMILES string of the molecule is O=C1CC(=O)N(c2ccc(C(F)(F)F)cc2F)C1. The zero-order valence-electron chi connectivity index (χ0n) is 8.92. The van der Waals surface area contributed by atoms with Gasteiger partial charge in [-0.25, -0.2) is 4.39 Å². The third kappa shape index (κ3) is 2.20. The van der Waals surface area contributed by atoms with E-state index in [0.29, 0.717) is 12.1 Å². The summed E-state index contributed by atoms with van der Waals surface area (Å²) in [6.45, 7) is -0.304. The molecule has 0 aliphatic carbocycles. The van der Waals surface area contributed by atoms with Crippen molar-refractivity contribution in [2.24, 2.45) is 0 Å². The fourth-order valence-electron chi connectivity index (χ4n) is 1.71. The molecule has 1 aliphatic heterocycles. The second-order valence-electron chi connectivity index (χ2n) is 3.86. The van der Waals surface area contributed by atoms with Gasteiger partial charge in [0.25, 0.3) is 0 Å². The van der Waals surface area contributed by atoms with E-state index in [4.69, 9.17) is 0 Å². The third-order valence-corrected chi connectivity index (χ3v) is 2.55. The highest BCUT2D eigenvalue weighted by Crippen LogP contribution is 2.33. The molecule has 2 rings (SSSR count). The first-order chi connectivity index (χ1) is 8.29. The summed E-state index contributed by atoms with van der Waals surface area (Å²) in [5, 5.41) is 0. The van der Waals surface area contributed by atoms with Crippen molar-refractivity contribution in [3.05, 3.63) is 29.6 Å². The first-order valence-electron chi connectivity index (χ1n) is 4.98. The minimum atomic E-state index is -4.65. The molecule has 1 aromatic carbocycles. The van der Waals surface area contributed by atoms with Gasteiger partial charge in [-0.3, -0.25) is 9.59 Å². The number of Topliss-reactive ketones (excluding diaryl/α,β-unsaturated/α-hetero) is 1. The maximum atomic E-state index is 13.5. The molecule has 7 heteroatoms. The number of hydrogen-bond donors (Lipinski definition) is 0. The average Bonchev–Trinajstić information content (AvgIpc) is 2.56. The quantitative estimate of drug-likeness (QED) is 0.573. The monoisotopic (exact) mass is 261 g/mol. The lowest BCUT2D eigenvalue weighted by atomic mass is 10.2. The molecular formula is C11H7F4NO2. The molecule has 1 amide bonds. The molecule has 3 nitrogen and oxygen atoms in total. The summed E-state index contributed by atoms with van der Waals surface area (Å²) in [6.07, 6.45) is -5.00. The fourth-order valence-corrected chi connectivity index (χ4v) is 1.71. The minimum Gasteiger partial charge on any atom is -0.302 e. The number of amides is 1. The van der Waals surface area contributed by atoms with Crippen LogP contribution in [0.25, 0.3) is 0 Å². The number of carbonyl (C=O) groups excluding carboxylic acids is 2. The summed E-state index contributed by atoms with van der Waals surface area (Å²) in [4.78, 5) is 23.2. The van der Waals surface area contributed by atoms with Gasteiger partial charge in [-0.2, -0.15) is 13.2 Å². The zero-order valence-corrected chi connectivity index (χ0v) is 8.92. The summed E-state index contributed by atoms with van der Waals surface area (Å²) < 4.78 is 50.5. The Kier molecular flexibility index (Phi) is 2.84. The van der Waals surface area contributed by atoms with Crippen molar-refractivity contribution in [2.45, 2.75) is 12.6 Å². The second kappa shape index (κ2) is 4.08. The molecule has 0 atom stereocenters. The molecule has 1 heterocycles. The molecule has 18 heavy (non-hydrogen) atoms. The number of alkyl halides is 3. The van der Waals surface area contributed by atoms with Crippen LogP contribution in [0.4, 0.5) is 23.2 Å². The number of halogens is 4. The number of carbonyl (C=O) groups is 2. The van der Waals surface area contributed by atoms with Gasteiger partial charge < -0.3 is 4.90 Å². The summed E-state index contributed by atoms with van der Waals surface area (Å²) in [5.74, 6) is -2.18. The Balaban J connectivity index is 2.37. The lowest BCUT2D eigenvalue weighted by Gasteiger charge is -2.16. The number of anilines is 1. The molecule has 1 saturated heterocycles. The van der Waals surface area contributed by atoms with Gasteiger partial charge in [0.15, 0.2) is 5.78 Å². The predicted octanol–water partition coefficient (Wildman–Crippen LogP) is 2.15. The van der Waals surface area contributed by atoms with Gasteiger partial charge in [0.1, 0.15) is 5.82 Å². The van der Waals surface area contributed by atoms with Crippen LogP contribution in [0, 0.1) is 5.82 Å². The van der Waals surface area contributed by atoms with E-state index in [9.17, 15) is 27.2 Å². The highest BCUT2D eigenvalue weighted by atomic mass is 19.4. The van der Waals surface area contributed by atoms with Crippen molar-refractivity contribution in [1.29, 1.82) is 0 Å². The van der Waals surface area contributed by atoms with Crippen molar-refractivity contribution in [1.82, 2.24) is 0 Å². The van der Waals surface area contributed by atoms with Crippen LogP contribution in [0.3, 0.4) is 0 Å². The molecule has 1 aliphatic rings. The van der Waals surface area contributed by atoms with Crippen molar-refractivity contribution in [3.63, 3.8) is 0 Å². The third-order valence-electron chi connectivity index (χ3n) is 2.55. The summed E-state index contributed by atoms with van der Waals surface area (Å²) in [6, 6.07) is 1.84. The largest absolute Gasteiger partial charge is 0.416 e.